The lowest BCUT2D eigenvalue weighted by Gasteiger charge is -2.28. The molecule has 0 aliphatic heterocycles. The van der Waals surface area contributed by atoms with Crippen molar-refractivity contribution in [2.75, 3.05) is 0 Å². The third kappa shape index (κ3) is 2.81. The van der Waals surface area contributed by atoms with Crippen LogP contribution in [0.1, 0.15) is 70.5 Å². The van der Waals surface area contributed by atoms with Crippen molar-refractivity contribution in [3.63, 3.8) is 0 Å². The van der Waals surface area contributed by atoms with Crippen molar-refractivity contribution >= 4 is 27.6 Å². The van der Waals surface area contributed by atoms with Gasteiger partial charge in [-0.15, -0.1) is 0 Å². The zero-order chi connectivity index (χ0) is 23.2. The number of nitrogens with zero attached hydrogens (tertiary/aromatic N) is 3. The first-order valence-electron chi connectivity index (χ1n) is 11.9. The largest absolute Gasteiger partial charge is 0.279 e. The fourth-order valence-corrected chi connectivity index (χ4v) is 6.10. The highest BCUT2D eigenvalue weighted by Crippen LogP contribution is 2.53. The molecule has 3 aromatic carbocycles. The highest BCUT2D eigenvalue weighted by molar-refractivity contribution is 5.97. The normalized spacial score (nSPS) is 20.1. The molecule has 0 N–H and O–H groups in total. The van der Waals surface area contributed by atoms with Crippen molar-refractivity contribution in [2.45, 2.75) is 64.2 Å². The number of para-hydroxylation sites is 1. The fraction of sp³-hybridized carbons (Fsp3) is 0.333. The maximum atomic E-state index is 5.22. The lowest BCUT2D eigenvalue weighted by Crippen LogP contribution is -2.23. The second-order valence-corrected chi connectivity index (χ2v) is 11.6. The highest BCUT2D eigenvalue weighted by atomic mass is 15.1. The van der Waals surface area contributed by atoms with Gasteiger partial charge in [-0.05, 0) is 52.8 Å². The average Bonchev–Trinajstić information content (AvgIpc) is 3.25. The molecule has 0 saturated carbocycles. The van der Waals surface area contributed by atoms with Gasteiger partial charge in [0.25, 0.3) is 0 Å². The van der Waals surface area contributed by atoms with E-state index in [0.717, 1.165) is 39.8 Å². The van der Waals surface area contributed by atoms with E-state index in [4.69, 9.17) is 9.97 Å². The summed E-state index contributed by atoms with van der Waals surface area (Å²) in [6.07, 6.45) is 1.09. The Balaban J connectivity index is 1.75. The Morgan fingerprint density at radius 1 is 0.788 bits per heavy atom. The van der Waals surface area contributed by atoms with Crippen molar-refractivity contribution in [1.82, 2.24) is 14.4 Å². The molecule has 3 nitrogen and oxygen atoms in total. The van der Waals surface area contributed by atoms with Crippen LogP contribution in [0.4, 0.5) is 0 Å². The van der Waals surface area contributed by atoms with E-state index in [1.165, 1.54) is 16.7 Å². The number of imidazole rings is 1. The number of hydrogen-bond acceptors (Lipinski definition) is 2. The molecule has 0 fully saturated rings. The van der Waals surface area contributed by atoms with Crippen LogP contribution in [-0.4, -0.2) is 14.4 Å². The zero-order valence-corrected chi connectivity index (χ0v) is 20.4. The van der Waals surface area contributed by atoms with E-state index in [-0.39, 0.29) is 16.2 Å². The van der Waals surface area contributed by atoms with Gasteiger partial charge >= 0.3 is 0 Å². The Hall–Kier alpha value is -3.20. The monoisotopic (exact) mass is 433 g/mol. The van der Waals surface area contributed by atoms with Gasteiger partial charge in [0, 0.05) is 16.2 Å². The van der Waals surface area contributed by atoms with Gasteiger partial charge in [0.1, 0.15) is 11.5 Å². The van der Waals surface area contributed by atoms with Crippen LogP contribution in [0.2, 0.25) is 0 Å². The summed E-state index contributed by atoms with van der Waals surface area (Å²) in [7, 11) is 0. The summed E-state index contributed by atoms with van der Waals surface area (Å²) < 4.78 is 2.31. The minimum absolute atomic E-state index is 0.0305. The summed E-state index contributed by atoms with van der Waals surface area (Å²) in [5, 5.41) is 1.10. The molecule has 166 valence electrons. The number of aromatic nitrogens is 3. The molecule has 6 rings (SSSR count). The third-order valence-corrected chi connectivity index (χ3v) is 7.58. The molecule has 33 heavy (non-hydrogen) atoms. The topological polar surface area (TPSA) is 30.2 Å². The third-order valence-electron chi connectivity index (χ3n) is 7.58. The predicted molar refractivity (Wildman–Crippen MR) is 137 cm³/mol. The summed E-state index contributed by atoms with van der Waals surface area (Å²) >= 11 is 0. The zero-order valence-electron chi connectivity index (χ0n) is 20.4. The molecule has 0 amide bonds. The Morgan fingerprint density at radius 2 is 1.48 bits per heavy atom. The smallest absolute Gasteiger partial charge is 0.148 e. The molecule has 0 saturated heterocycles. The minimum atomic E-state index is -0.108. The standard InChI is InChI=1S/C30H31N3/c1-28(2,3)27-32-23-15-11-10-14-20(23)26-31-24-16-22-21(17-25(24)33(26)27)29(4,5)18-30(22,6)19-12-8-7-9-13-19/h7-17H,18H2,1-6H3. The quantitative estimate of drug-likeness (QED) is 0.277. The van der Waals surface area contributed by atoms with Crippen molar-refractivity contribution in [1.29, 1.82) is 0 Å². The molecule has 1 atom stereocenters. The Bertz CT molecular complexity index is 1550. The summed E-state index contributed by atoms with van der Waals surface area (Å²) in [4.78, 5) is 10.4. The SMILES string of the molecule is CC(C)(C)c1nc2ccccc2c2nc3cc4c(cc3n12)C(C)(C)CC4(C)c1ccccc1. The molecule has 1 aliphatic carbocycles. The number of rotatable bonds is 1. The summed E-state index contributed by atoms with van der Waals surface area (Å²) in [6.45, 7) is 13.9. The second-order valence-electron chi connectivity index (χ2n) is 11.6. The predicted octanol–water partition coefficient (Wildman–Crippen LogP) is 7.32. The Kier molecular flexibility index (Phi) is 3.98. The van der Waals surface area contributed by atoms with Crippen molar-refractivity contribution < 1.29 is 0 Å². The molecule has 0 bridgehead atoms. The van der Waals surface area contributed by atoms with E-state index < -0.39 is 0 Å². The van der Waals surface area contributed by atoms with Crippen molar-refractivity contribution in [3.8, 4) is 0 Å². The van der Waals surface area contributed by atoms with Gasteiger partial charge in [-0.2, -0.15) is 0 Å². The molecule has 2 heterocycles. The summed E-state index contributed by atoms with van der Waals surface area (Å²) in [5.74, 6) is 1.06. The van der Waals surface area contributed by atoms with Gasteiger partial charge in [-0.1, -0.05) is 84.0 Å². The maximum Gasteiger partial charge on any atom is 0.148 e. The van der Waals surface area contributed by atoms with Crippen LogP contribution in [0, 0.1) is 0 Å². The first kappa shape index (κ1) is 20.4. The minimum Gasteiger partial charge on any atom is -0.279 e. The molecule has 0 spiro atoms. The molecule has 1 aliphatic rings. The lowest BCUT2D eigenvalue weighted by molar-refractivity contribution is 0.425. The van der Waals surface area contributed by atoms with E-state index >= 15 is 0 Å². The first-order chi connectivity index (χ1) is 15.6. The second kappa shape index (κ2) is 6.44. The molecule has 2 aromatic heterocycles. The molecule has 5 aromatic rings. The highest BCUT2D eigenvalue weighted by Gasteiger charge is 2.46. The molecular weight excluding hydrogens is 402 g/mol. The van der Waals surface area contributed by atoms with Crippen LogP contribution in [0.3, 0.4) is 0 Å². The summed E-state index contributed by atoms with van der Waals surface area (Å²) in [6, 6.07) is 24.1. The average molecular weight is 434 g/mol. The lowest BCUT2D eigenvalue weighted by atomic mass is 9.75. The van der Waals surface area contributed by atoms with E-state index in [1.807, 2.05) is 0 Å². The van der Waals surface area contributed by atoms with Crippen LogP contribution in [0.25, 0.3) is 27.6 Å². The van der Waals surface area contributed by atoms with E-state index in [2.05, 4.69) is 113 Å². The Labute approximate surface area is 195 Å². The van der Waals surface area contributed by atoms with Gasteiger partial charge < -0.3 is 0 Å². The first-order valence-corrected chi connectivity index (χ1v) is 11.9. The van der Waals surface area contributed by atoms with Gasteiger partial charge in [0.05, 0.1) is 16.6 Å². The van der Waals surface area contributed by atoms with Crippen LogP contribution < -0.4 is 0 Å². The van der Waals surface area contributed by atoms with Gasteiger partial charge in [0.2, 0.25) is 0 Å². The number of fused-ring (bicyclic) bond motifs is 6. The van der Waals surface area contributed by atoms with Crippen LogP contribution >= 0.6 is 0 Å². The van der Waals surface area contributed by atoms with Gasteiger partial charge in [-0.3, -0.25) is 4.40 Å². The Morgan fingerprint density at radius 3 is 2.21 bits per heavy atom. The van der Waals surface area contributed by atoms with E-state index in [0.29, 0.717) is 0 Å². The number of hydrogen-bond donors (Lipinski definition) is 0. The van der Waals surface area contributed by atoms with Crippen molar-refractivity contribution in [2.24, 2.45) is 0 Å². The van der Waals surface area contributed by atoms with E-state index in [9.17, 15) is 0 Å². The van der Waals surface area contributed by atoms with Crippen LogP contribution in [0.5, 0.6) is 0 Å². The molecule has 0 radical (unpaired) electrons. The van der Waals surface area contributed by atoms with Crippen molar-refractivity contribution in [3.05, 3.63) is 89.2 Å². The van der Waals surface area contributed by atoms with E-state index in [1.54, 1.807) is 0 Å². The maximum absolute atomic E-state index is 5.22. The number of benzene rings is 3. The molecule has 3 heteroatoms. The summed E-state index contributed by atoms with van der Waals surface area (Å²) in [5.41, 5.74) is 8.37. The molecule has 1 unspecified atom stereocenters. The van der Waals surface area contributed by atoms with Gasteiger partial charge in [0.15, 0.2) is 0 Å². The fourth-order valence-electron chi connectivity index (χ4n) is 6.10. The molecular formula is C30H31N3. The van der Waals surface area contributed by atoms with Crippen LogP contribution in [0.15, 0.2) is 66.7 Å². The van der Waals surface area contributed by atoms with Gasteiger partial charge in [-0.25, -0.2) is 9.97 Å². The van der Waals surface area contributed by atoms with Crippen LogP contribution in [-0.2, 0) is 16.2 Å².